The van der Waals surface area contributed by atoms with Gasteiger partial charge >= 0.3 is 0 Å². The molecule has 0 fully saturated rings. The number of aromatic nitrogens is 2. The van der Waals surface area contributed by atoms with Crippen molar-refractivity contribution < 1.29 is 9.53 Å². The summed E-state index contributed by atoms with van der Waals surface area (Å²) in [7, 11) is 0. The molecule has 7 heteroatoms. The summed E-state index contributed by atoms with van der Waals surface area (Å²) >= 11 is 11.9. The van der Waals surface area contributed by atoms with Gasteiger partial charge in [0.05, 0.1) is 16.9 Å². The highest BCUT2D eigenvalue weighted by molar-refractivity contribution is 6.32. The van der Waals surface area contributed by atoms with Crippen molar-refractivity contribution in [1.29, 1.82) is 0 Å². The van der Waals surface area contributed by atoms with Crippen LogP contribution in [0.2, 0.25) is 10.0 Å². The lowest BCUT2D eigenvalue weighted by Gasteiger charge is -2.07. The lowest BCUT2D eigenvalue weighted by Crippen LogP contribution is -2.28. The van der Waals surface area contributed by atoms with E-state index in [1.165, 1.54) is 0 Å². The normalized spacial score (nSPS) is 10.5. The van der Waals surface area contributed by atoms with E-state index in [4.69, 9.17) is 27.9 Å². The van der Waals surface area contributed by atoms with Gasteiger partial charge in [0.25, 0.3) is 5.91 Å². The predicted octanol–water partition coefficient (Wildman–Crippen LogP) is 3.87. The molecule has 3 aromatic rings. The van der Waals surface area contributed by atoms with Gasteiger partial charge in [-0.05, 0) is 36.4 Å². The van der Waals surface area contributed by atoms with Crippen LogP contribution in [0.3, 0.4) is 0 Å². The number of carbonyl (C=O) groups excluding carboxylic acids is 1. The van der Waals surface area contributed by atoms with E-state index in [1.807, 2.05) is 18.3 Å². The molecule has 1 amide bonds. The van der Waals surface area contributed by atoms with Crippen LogP contribution in [0.4, 0.5) is 0 Å². The Balaban J connectivity index is 1.51. The highest BCUT2D eigenvalue weighted by Gasteiger charge is 2.07. The number of carbonyl (C=O) groups is 1. The maximum atomic E-state index is 11.9. The van der Waals surface area contributed by atoms with E-state index >= 15 is 0 Å². The van der Waals surface area contributed by atoms with Crippen LogP contribution in [0.5, 0.6) is 5.75 Å². The number of nitrogens with zero attached hydrogens (tertiary/aromatic N) is 2. The number of nitrogens with one attached hydrogen (secondary N) is 1. The van der Waals surface area contributed by atoms with Crippen molar-refractivity contribution >= 4 is 29.1 Å². The molecule has 0 radical (unpaired) electrons. The lowest BCUT2D eigenvalue weighted by atomic mass is 10.3. The summed E-state index contributed by atoms with van der Waals surface area (Å²) in [6.45, 7) is 0.257. The van der Waals surface area contributed by atoms with Crippen molar-refractivity contribution in [3.63, 3.8) is 0 Å². The third kappa shape index (κ3) is 4.75. The Bertz CT molecular complexity index is 863. The van der Waals surface area contributed by atoms with Crippen LogP contribution in [0.15, 0.2) is 60.9 Å². The Morgan fingerprint density at radius 3 is 2.64 bits per heavy atom. The molecule has 0 spiro atoms. The van der Waals surface area contributed by atoms with Gasteiger partial charge in [-0.15, -0.1) is 0 Å². The maximum Gasteiger partial charge on any atom is 0.258 e. The van der Waals surface area contributed by atoms with E-state index in [-0.39, 0.29) is 12.5 Å². The number of hydrogen-bond donors (Lipinski definition) is 1. The minimum atomic E-state index is -0.237. The van der Waals surface area contributed by atoms with E-state index < -0.39 is 0 Å². The number of halogens is 2. The monoisotopic (exact) mass is 375 g/mol. The molecule has 0 atom stereocenters. The number of ether oxygens (including phenoxy) is 1. The first-order chi connectivity index (χ1) is 12.1. The zero-order chi connectivity index (χ0) is 17.6. The van der Waals surface area contributed by atoms with E-state index in [2.05, 4.69) is 10.4 Å². The molecule has 1 N–H and O–H groups in total. The molecule has 0 saturated carbocycles. The van der Waals surface area contributed by atoms with Gasteiger partial charge in [-0.25, -0.2) is 4.68 Å². The van der Waals surface area contributed by atoms with E-state index in [9.17, 15) is 4.79 Å². The van der Waals surface area contributed by atoms with Gasteiger partial charge in [0.15, 0.2) is 6.61 Å². The van der Waals surface area contributed by atoms with Crippen molar-refractivity contribution in [2.45, 2.75) is 6.54 Å². The van der Waals surface area contributed by atoms with Crippen molar-refractivity contribution in [1.82, 2.24) is 15.1 Å². The molecular formula is C18H15Cl2N3O2. The zero-order valence-corrected chi connectivity index (χ0v) is 14.7. The first kappa shape index (κ1) is 17.3. The van der Waals surface area contributed by atoms with Gasteiger partial charge < -0.3 is 10.1 Å². The topological polar surface area (TPSA) is 56.1 Å². The number of benzene rings is 2. The summed E-state index contributed by atoms with van der Waals surface area (Å²) in [5, 5.41) is 8.19. The third-order valence-electron chi connectivity index (χ3n) is 3.41. The fraction of sp³-hybridized carbons (Fsp3) is 0.111. The number of rotatable bonds is 6. The quantitative estimate of drug-likeness (QED) is 0.711. The standard InChI is InChI=1S/C18H15Cl2N3O2/c19-14-5-7-15(8-6-14)23-11-13(10-22-23)9-21-18(24)12-25-17-4-2-1-3-16(17)20/h1-8,10-11H,9,12H2,(H,21,24). The van der Waals surface area contributed by atoms with Gasteiger partial charge in [-0.2, -0.15) is 5.10 Å². The Morgan fingerprint density at radius 1 is 1.12 bits per heavy atom. The van der Waals surface area contributed by atoms with Crippen LogP contribution in [-0.4, -0.2) is 22.3 Å². The van der Waals surface area contributed by atoms with Crippen LogP contribution in [0, 0.1) is 0 Å². The van der Waals surface area contributed by atoms with Gasteiger partial charge in [-0.3, -0.25) is 4.79 Å². The summed E-state index contributed by atoms with van der Waals surface area (Å²) < 4.78 is 7.12. The average molecular weight is 376 g/mol. The first-order valence-electron chi connectivity index (χ1n) is 7.55. The highest BCUT2D eigenvalue weighted by atomic mass is 35.5. The summed E-state index contributed by atoms with van der Waals surface area (Å²) in [4.78, 5) is 11.9. The molecule has 0 aliphatic carbocycles. The number of amides is 1. The first-order valence-corrected chi connectivity index (χ1v) is 8.31. The molecule has 0 bridgehead atoms. The Hall–Kier alpha value is -2.50. The van der Waals surface area contributed by atoms with Gasteiger partial charge in [0, 0.05) is 23.3 Å². The van der Waals surface area contributed by atoms with Crippen LogP contribution < -0.4 is 10.1 Å². The summed E-state index contributed by atoms with van der Waals surface area (Å²) in [5.41, 5.74) is 1.77. The largest absolute Gasteiger partial charge is 0.482 e. The third-order valence-corrected chi connectivity index (χ3v) is 3.98. The fourth-order valence-electron chi connectivity index (χ4n) is 2.14. The molecule has 0 aliphatic rings. The predicted molar refractivity (Wildman–Crippen MR) is 97.4 cm³/mol. The summed E-state index contributed by atoms with van der Waals surface area (Å²) in [5.74, 6) is 0.244. The van der Waals surface area contributed by atoms with E-state index in [0.29, 0.717) is 22.3 Å². The Labute approximate surface area is 155 Å². The maximum absolute atomic E-state index is 11.9. The molecule has 128 valence electrons. The SMILES string of the molecule is O=C(COc1ccccc1Cl)NCc1cnn(-c2ccc(Cl)cc2)c1. The zero-order valence-electron chi connectivity index (χ0n) is 13.2. The van der Waals surface area contributed by atoms with Gasteiger partial charge in [0.1, 0.15) is 5.75 Å². The van der Waals surface area contributed by atoms with Crippen LogP contribution in [0.25, 0.3) is 5.69 Å². The molecule has 0 unspecified atom stereocenters. The average Bonchev–Trinajstić information content (AvgIpc) is 3.09. The Morgan fingerprint density at radius 2 is 1.88 bits per heavy atom. The van der Waals surface area contributed by atoms with Crippen molar-refractivity contribution in [2.75, 3.05) is 6.61 Å². The number of para-hydroxylation sites is 1. The van der Waals surface area contributed by atoms with Crippen molar-refractivity contribution in [3.8, 4) is 11.4 Å². The molecule has 0 aliphatic heterocycles. The summed E-state index contributed by atoms with van der Waals surface area (Å²) in [6.07, 6.45) is 3.54. The molecule has 3 rings (SSSR count). The molecule has 25 heavy (non-hydrogen) atoms. The van der Waals surface area contributed by atoms with Crippen molar-refractivity contribution in [2.24, 2.45) is 0 Å². The molecule has 1 heterocycles. The van der Waals surface area contributed by atoms with Crippen LogP contribution >= 0.6 is 23.2 Å². The molecular weight excluding hydrogens is 361 g/mol. The highest BCUT2D eigenvalue weighted by Crippen LogP contribution is 2.22. The summed E-state index contributed by atoms with van der Waals surface area (Å²) in [6, 6.07) is 14.4. The molecule has 0 saturated heterocycles. The second kappa shape index (κ2) is 8.05. The van der Waals surface area contributed by atoms with Gasteiger partial charge in [0.2, 0.25) is 0 Å². The molecule has 5 nitrogen and oxygen atoms in total. The smallest absolute Gasteiger partial charge is 0.258 e. The molecule has 2 aromatic carbocycles. The van der Waals surface area contributed by atoms with E-state index in [1.54, 1.807) is 47.3 Å². The fourth-order valence-corrected chi connectivity index (χ4v) is 2.46. The number of hydrogen-bond acceptors (Lipinski definition) is 3. The minimum Gasteiger partial charge on any atom is -0.482 e. The van der Waals surface area contributed by atoms with Gasteiger partial charge in [-0.1, -0.05) is 35.3 Å². The molecule has 1 aromatic heterocycles. The van der Waals surface area contributed by atoms with E-state index in [0.717, 1.165) is 11.3 Å². The second-order valence-electron chi connectivity index (χ2n) is 5.27. The van der Waals surface area contributed by atoms with Crippen LogP contribution in [0.1, 0.15) is 5.56 Å². The second-order valence-corrected chi connectivity index (χ2v) is 6.11. The van der Waals surface area contributed by atoms with Crippen molar-refractivity contribution in [3.05, 3.63) is 76.5 Å². The van der Waals surface area contributed by atoms with Crippen LogP contribution in [-0.2, 0) is 11.3 Å². The Kier molecular flexibility index (Phi) is 5.58. The lowest BCUT2D eigenvalue weighted by molar-refractivity contribution is -0.123. The minimum absolute atomic E-state index is 0.102.